The summed E-state index contributed by atoms with van der Waals surface area (Å²) in [6, 6.07) is 5.31. The van der Waals surface area contributed by atoms with E-state index < -0.39 is 5.95 Å². The van der Waals surface area contributed by atoms with Crippen LogP contribution >= 0.6 is 0 Å². The molecule has 0 bridgehead atoms. The van der Waals surface area contributed by atoms with Crippen molar-refractivity contribution in [3.8, 4) is 11.8 Å². The maximum atomic E-state index is 13.1. The molecule has 1 aliphatic carbocycles. The van der Waals surface area contributed by atoms with E-state index in [0.29, 0.717) is 13.0 Å². The van der Waals surface area contributed by atoms with Crippen LogP contribution in [-0.2, 0) is 0 Å². The van der Waals surface area contributed by atoms with Gasteiger partial charge in [-0.2, -0.15) is 9.65 Å². The molecule has 1 aliphatic rings. The van der Waals surface area contributed by atoms with Crippen LogP contribution < -0.4 is 4.74 Å². The molecule has 0 aromatic carbocycles. The third kappa shape index (κ3) is 2.24. The molecule has 0 aliphatic heterocycles. The third-order valence-electron chi connectivity index (χ3n) is 2.67. The highest BCUT2D eigenvalue weighted by Crippen LogP contribution is 2.48. The van der Waals surface area contributed by atoms with Crippen molar-refractivity contribution < 1.29 is 9.13 Å². The van der Waals surface area contributed by atoms with Crippen LogP contribution in [-0.4, -0.2) is 11.6 Å². The number of aromatic nitrogens is 1. The van der Waals surface area contributed by atoms with Gasteiger partial charge in [-0.25, -0.2) is 4.98 Å². The van der Waals surface area contributed by atoms with E-state index in [9.17, 15) is 4.39 Å². The Balaban J connectivity index is 1.94. The average molecular weight is 206 g/mol. The first-order valence-corrected chi connectivity index (χ1v) is 4.86. The molecule has 1 aromatic rings. The number of hydrogen-bond donors (Lipinski definition) is 0. The molecule has 15 heavy (non-hydrogen) atoms. The summed E-state index contributed by atoms with van der Waals surface area (Å²) in [5.41, 5.74) is -0.0307. The predicted molar refractivity (Wildman–Crippen MR) is 51.6 cm³/mol. The quantitative estimate of drug-likeness (QED) is 0.710. The zero-order valence-corrected chi connectivity index (χ0v) is 8.24. The van der Waals surface area contributed by atoms with Gasteiger partial charge in [0.25, 0.3) is 5.95 Å². The molecule has 0 unspecified atom stereocenters. The monoisotopic (exact) mass is 206 g/mol. The van der Waals surface area contributed by atoms with Gasteiger partial charge in [0.1, 0.15) is 0 Å². The van der Waals surface area contributed by atoms with Gasteiger partial charge in [-0.15, -0.1) is 0 Å². The summed E-state index contributed by atoms with van der Waals surface area (Å²) >= 11 is 0. The van der Waals surface area contributed by atoms with Gasteiger partial charge in [0.2, 0.25) is 0 Å². The fraction of sp³-hybridized carbons (Fsp3) is 0.455. The van der Waals surface area contributed by atoms with Gasteiger partial charge >= 0.3 is 0 Å². The highest BCUT2D eigenvalue weighted by atomic mass is 19.1. The highest BCUT2D eigenvalue weighted by Gasteiger charge is 2.43. The lowest BCUT2D eigenvalue weighted by molar-refractivity contribution is 0.225. The lowest BCUT2D eigenvalue weighted by atomic mass is 10.1. The van der Waals surface area contributed by atoms with Crippen molar-refractivity contribution in [2.45, 2.75) is 19.3 Å². The van der Waals surface area contributed by atoms with Crippen molar-refractivity contribution in [1.29, 1.82) is 5.26 Å². The molecule has 0 atom stereocenters. The minimum Gasteiger partial charge on any atom is -0.488 e. The van der Waals surface area contributed by atoms with Gasteiger partial charge in [0.15, 0.2) is 5.75 Å². The minimum atomic E-state index is -0.592. The molecule has 1 aromatic heterocycles. The smallest absolute Gasteiger partial charge is 0.255 e. The number of ether oxygens (including phenoxy) is 1. The number of nitrogens with zero attached hydrogens (tertiary/aromatic N) is 2. The largest absolute Gasteiger partial charge is 0.488 e. The van der Waals surface area contributed by atoms with Gasteiger partial charge < -0.3 is 4.74 Å². The molecular formula is C11H11FN2O. The summed E-state index contributed by atoms with van der Waals surface area (Å²) in [6.45, 7) is 0.406. The van der Waals surface area contributed by atoms with Crippen molar-refractivity contribution in [2.75, 3.05) is 6.61 Å². The maximum Gasteiger partial charge on any atom is 0.255 e. The van der Waals surface area contributed by atoms with Crippen molar-refractivity contribution in [3.63, 3.8) is 0 Å². The molecule has 0 N–H and O–H groups in total. The van der Waals surface area contributed by atoms with Gasteiger partial charge in [-0.3, -0.25) is 0 Å². The van der Waals surface area contributed by atoms with Crippen molar-refractivity contribution in [3.05, 3.63) is 24.3 Å². The first-order valence-electron chi connectivity index (χ1n) is 4.86. The first kappa shape index (κ1) is 9.91. The summed E-state index contributed by atoms with van der Waals surface area (Å²) in [7, 11) is 0. The Morgan fingerprint density at radius 1 is 1.60 bits per heavy atom. The summed E-state index contributed by atoms with van der Waals surface area (Å²) in [6.07, 6.45) is 3.84. The average Bonchev–Trinajstić information content (AvgIpc) is 2.98. The summed E-state index contributed by atoms with van der Waals surface area (Å²) in [5.74, 6) is -0.424. The topological polar surface area (TPSA) is 45.9 Å². The Bertz CT molecular complexity index is 396. The van der Waals surface area contributed by atoms with Crippen LogP contribution in [0, 0.1) is 22.7 Å². The molecule has 1 fully saturated rings. The molecule has 1 heterocycles. The molecule has 0 amide bonds. The molecule has 0 saturated heterocycles. The Labute approximate surface area is 87.5 Å². The summed E-state index contributed by atoms with van der Waals surface area (Å²) in [4.78, 5) is 3.49. The zero-order chi connectivity index (χ0) is 10.7. The van der Waals surface area contributed by atoms with E-state index in [-0.39, 0.29) is 11.2 Å². The lowest BCUT2D eigenvalue weighted by Crippen LogP contribution is -2.13. The molecule has 2 rings (SSSR count). The van der Waals surface area contributed by atoms with Crippen molar-refractivity contribution in [2.24, 2.45) is 5.41 Å². The lowest BCUT2D eigenvalue weighted by Gasteiger charge is -2.12. The first-order chi connectivity index (χ1) is 7.26. The van der Waals surface area contributed by atoms with Crippen LogP contribution in [0.5, 0.6) is 5.75 Å². The second-order valence-electron chi connectivity index (χ2n) is 3.92. The van der Waals surface area contributed by atoms with Crippen LogP contribution in [0.1, 0.15) is 19.3 Å². The second-order valence-corrected chi connectivity index (χ2v) is 3.92. The summed E-state index contributed by atoms with van der Waals surface area (Å²) in [5, 5.41) is 8.60. The van der Waals surface area contributed by atoms with Gasteiger partial charge in [-0.1, -0.05) is 0 Å². The molecule has 4 heteroatoms. The van der Waals surface area contributed by atoms with Crippen LogP contribution in [0.25, 0.3) is 0 Å². The Kier molecular flexibility index (Phi) is 2.55. The van der Waals surface area contributed by atoms with Gasteiger partial charge in [0.05, 0.1) is 12.7 Å². The third-order valence-corrected chi connectivity index (χ3v) is 2.67. The standard InChI is InChI=1S/C11H11FN2O/c12-10-9(2-1-7-14-10)15-8-11(3-4-11)5-6-13/h1-2,7H,3-5,8H2. The fourth-order valence-electron chi connectivity index (χ4n) is 1.43. The Morgan fingerprint density at radius 2 is 2.40 bits per heavy atom. The highest BCUT2D eigenvalue weighted by molar-refractivity contribution is 5.18. The van der Waals surface area contributed by atoms with E-state index in [1.54, 1.807) is 12.1 Å². The van der Waals surface area contributed by atoms with Crippen LogP contribution in [0.3, 0.4) is 0 Å². The zero-order valence-electron chi connectivity index (χ0n) is 8.24. The SMILES string of the molecule is N#CCC1(COc2cccnc2F)CC1. The van der Waals surface area contributed by atoms with Crippen LogP contribution in [0.15, 0.2) is 18.3 Å². The predicted octanol–water partition coefficient (Wildman–Crippen LogP) is 2.29. The van der Waals surface area contributed by atoms with E-state index in [4.69, 9.17) is 10.00 Å². The number of rotatable bonds is 4. The second kappa shape index (κ2) is 3.85. The molecule has 3 nitrogen and oxygen atoms in total. The van der Waals surface area contributed by atoms with E-state index in [2.05, 4.69) is 11.1 Å². The maximum absolute atomic E-state index is 13.1. The molecule has 0 radical (unpaired) electrons. The van der Waals surface area contributed by atoms with Crippen LogP contribution in [0.2, 0.25) is 0 Å². The fourth-order valence-corrected chi connectivity index (χ4v) is 1.43. The molecule has 78 valence electrons. The number of halogens is 1. The van der Waals surface area contributed by atoms with Gasteiger partial charge in [0, 0.05) is 18.0 Å². The van der Waals surface area contributed by atoms with E-state index in [1.807, 2.05) is 0 Å². The van der Waals surface area contributed by atoms with E-state index >= 15 is 0 Å². The van der Waals surface area contributed by atoms with Crippen molar-refractivity contribution >= 4 is 0 Å². The normalized spacial score (nSPS) is 16.8. The Hall–Kier alpha value is -1.63. The summed E-state index contributed by atoms with van der Waals surface area (Å²) < 4.78 is 18.4. The number of nitriles is 1. The van der Waals surface area contributed by atoms with Gasteiger partial charge in [-0.05, 0) is 25.0 Å². The molecular weight excluding hydrogens is 195 g/mol. The van der Waals surface area contributed by atoms with Crippen molar-refractivity contribution in [1.82, 2.24) is 4.98 Å². The van der Waals surface area contributed by atoms with E-state index in [1.165, 1.54) is 6.20 Å². The Morgan fingerprint density at radius 3 is 3.00 bits per heavy atom. The number of hydrogen-bond acceptors (Lipinski definition) is 3. The van der Waals surface area contributed by atoms with E-state index in [0.717, 1.165) is 12.8 Å². The number of pyridine rings is 1. The van der Waals surface area contributed by atoms with Crippen LogP contribution in [0.4, 0.5) is 4.39 Å². The molecule has 1 saturated carbocycles. The minimum absolute atomic E-state index is 0.0307. The molecule has 0 spiro atoms.